The van der Waals surface area contributed by atoms with E-state index in [4.69, 9.17) is 0 Å². The molecule has 0 saturated heterocycles. The van der Waals surface area contributed by atoms with Crippen molar-refractivity contribution in [1.29, 1.82) is 0 Å². The zero-order chi connectivity index (χ0) is 18.2. The highest BCUT2D eigenvalue weighted by Gasteiger charge is 2.06. The average molecular weight is 340 g/mol. The highest BCUT2D eigenvalue weighted by molar-refractivity contribution is 5.73. The van der Waals surface area contributed by atoms with Gasteiger partial charge in [-0.25, -0.2) is 9.97 Å². The van der Waals surface area contributed by atoms with Crippen molar-refractivity contribution in [2.75, 3.05) is 0 Å². The van der Waals surface area contributed by atoms with Crippen molar-refractivity contribution in [2.45, 2.75) is 26.7 Å². The minimum absolute atomic E-state index is 0.789. The third-order valence-corrected chi connectivity index (χ3v) is 4.20. The molecule has 0 aliphatic heterocycles. The molecule has 0 atom stereocenters. The molecule has 4 rings (SSSR count). The third kappa shape index (κ3) is 5.00. The molecule has 130 valence electrons. The summed E-state index contributed by atoms with van der Waals surface area (Å²) in [4.78, 5) is 9.04. The summed E-state index contributed by atoms with van der Waals surface area (Å²) in [5.74, 6) is 0.789. The lowest BCUT2D eigenvalue weighted by Crippen LogP contribution is -1.95. The zero-order valence-electron chi connectivity index (χ0n) is 15.4. The highest BCUT2D eigenvalue weighted by atomic mass is 14.9. The number of aryl methyl sites for hydroxylation is 2. The number of allylic oxidation sites excluding steroid dienone is 4. The van der Waals surface area contributed by atoms with Crippen LogP contribution in [0, 0.1) is 13.8 Å². The molecular formula is C24H24N2. The highest BCUT2D eigenvalue weighted by Crippen LogP contribution is 2.22. The Morgan fingerprint density at radius 2 is 1.50 bits per heavy atom. The Kier molecular flexibility index (Phi) is 6.10. The lowest BCUT2D eigenvalue weighted by molar-refractivity contribution is 1.03. The SMILES string of the molecule is Cc1ccc(-c2nccc(C3=CCCC=C3)n2)cc1.Cc1ccccc1. The first-order valence-electron chi connectivity index (χ1n) is 9.01. The maximum Gasteiger partial charge on any atom is 0.159 e. The van der Waals surface area contributed by atoms with Gasteiger partial charge in [0.15, 0.2) is 5.82 Å². The number of nitrogens with zero attached hydrogens (tertiary/aromatic N) is 2. The van der Waals surface area contributed by atoms with E-state index in [1.165, 1.54) is 16.7 Å². The topological polar surface area (TPSA) is 25.8 Å². The van der Waals surface area contributed by atoms with E-state index in [-0.39, 0.29) is 0 Å². The number of aromatic nitrogens is 2. The summed E-state index contributed by atoms with van der Waals surface area (Å²) >= 11 is 0. The molecule has 0 spiro atoms. The van der Waals surface area contributed by atoms with E-state index in [1.54, 1.807) is 0 Å². The molecule has 1 aromatic heterocycles. The van der Waals surface area contributed by atoms with Crippen LogP contribution in [0.3, 0.4) is 0 Å². The molecule has 3 aromatic rings. The molecule has 2 nitrogen and oxygen atoms in total. The maximum absolute atomic E-state index is 4.67. The molecule has 0 saturated carbocycles. The van der Waals surface area contributed by atoms with Gasteiger partial charge in [0.2, 0.25) is 0 Å². The van der Waals surface area contributed by atoms with Crippen LogP contribution in [0.2, 0.25) is 0 Å². The van der Waals surface area contributed by atoms with Crippen molar-refractivity contribution in [3.8, 4) is 11.4 Å². The van der Waals surface area contributed by atoms with Gasteiger partial charge in [-0.2, -0.15) is 0 Å². The van der Waals surface area contributed by atoms with Crippen LogP contribution in [0.1, 0.15) is 29.7 Å². The maximum atomic E-state index is 4.67. The molecule has 1 heterocycles. The minimum Gasteiger partial charge on any atom is -0.237 e. The Labute approximate surface area is 156 Å². The number of benzene rings is 2. The summed E-state index contributed by atoms with van der Waals surface area (Å²) in [6.07, 6.45) is 10.6. The fourth-order valence-electron chi connectivity index (χ4n) is 2.70. The van der Waals surface area contributed by atoms with E-state index in [2.05, 4.69) is 78.4 Å². The molecule has 0 N–H and O–H groups in total. The quantitative estimate of drug-likeness (QED) is 0.556. The van der Waals surface area contributed by atoms with Crippen molar-refractivity contribution in [3.63, 3.8) is 0 Å². The van der Waals surface area contributed by atoms with E-state index >= 15 is 0 Å². The van der Waals surface area contributed by atoms with E-state index in [1.807, 2.05) is 30.5 Å². The first-order chi connectivity index (χ1) is 12.7. The molecule has 1 aliphatic carbocycles. The van der Waals surface area contributed by atoms with Gasteiger partial charge in [-0.15, -0.1) is 0 Å². The summed E-state index contributed by atoms with van der Waals surface area (Å²) in [5.41, 5.74) is 5.83. The van der Waals surface area contributed by atoms with Crippen LogP contribution in [0.15, 0.2) is 85.1 Å². The van der Waals surface area contributed by atoms with E-state index in [9.17, 15) is 0 Å². The van der Waals surface area contributed by atoms with Crippen LogP contribution in [-0.2, 0) is 0 Å². The van der Waals surface area contributed by atoms with Crippen molar-refractivity contribution >= 4 is 5.57 Å². The van der Waals surface area contributed by atoms with Gasteiger partial charge >= 0.3 is 0 Å². The Morgan fingerprint density at radius 1 is 0.769 bits per heavy atom. The van der Waals surface area contributed by atoms with Gasteiger partial charge in [0.05, 0.1) is 5.69 Å². The molecule has 1 aliphatic rings. The van der Waals surface area contributed by atoms with Gasteiger partial charge in [-0.1, -0.05) is 84.0 Å². The first-order valence-corrected chi connectivity index (χ1v) is 9.01. The largest absolute Gasteiger partial charge is 0.237 e. The van der Waals surface area contributed by atoms with Gasteiger partial charge in [0, 0.05) is 11.8 Å². The van der Waals surface area contributed by atoms with E-state index in [0.29, 0.717) is 0 Å². The van der Waals surface area contributed by atoms with Crippen LogP contribution in [0.5, 0.6) is 0 Å². The second-order valence-electron chi connectivity index (χ2n) is 6.43. The van der Waals surface area contributed by atoms with Crippen molar-refractivity contribution in [3.05, 3.63) is 102 Å². The molecule has 0 bridgehead atoms. The molecule has 0 fully saturated rings. The monoisotopic (exact) mass is 340 g/mol. The van der Waals surface area contributed by atoms with Gasteiger partial charge in [-0.3, -0.25) is 0 Å². The lowest BCUT2D eigenvalue weighted by Gasteiger charge is -2.08. The third-order valence-electron chi connectivity index (χ3n) is 4.20. The summed E-state index contributed by atoms with van der Waals surface area (Å²) in [6.45, 7) is 4.17. The molecule has 2 aromatic carbocycles. The lowest BCUT2D eigenvalue weighted by atomic mass is 10.0. The van der Waals surface area contributed by atoms with Crippen molar-refractivity contribution in [2.24, 2.45) is 0 Å². The fraction of sp³-hybridized carbons (Fsp3) is 0.167. The molecule has 0 unspecified atom stereocenters. The van der Waals surface area contributed by atoms with Crippen LogP contribution in [0.25, 0.3) is 17.0 Å². The van der Waals surface area contributed by atoms with Crippen LogP contribution < -0.4 is 0 Å². The van der Waals surface area contributed by atoms with Crippen LogP contribution >= 0.6 is 0 Å². The predicted molar refractivity (Wildman–Crippen MR) is 110 cm³/mol. The second kappa shape index (κ2) is 8.91. The van der Waals surface area contributed by atoms with Crippen molar-refractivity contribution < 1.29 is 0 Å². The molecular weight excluding hydrogens is 316 g/mol. The second-order valence-corrected chi connectivity index (χ2v) is 6.43. The Bertz CT molecular complexity index is 891. The fourth-order valence-corrected chi connectivity index (χ4v) is 2.70. The van der Waals surface area contributed by atoms with Crippen LogP contribution in [-0.4, -0.2) is 9.97 Å². The number of hydrogen-bond acceptors (Lipinski definition) is 2. The summed E-state index contributed by atoms with van der Waals surface area (Å²) in [5, 5.41) is 0. The Balaban J connectivity index is 0.000000236. The normalized spacial score (nSPS) is 12.8. The van der Waals surface area contributed by atoms with Crippen LogP contribution in [0.4, 0.5) is 0 Å². The standard InChI is InChI=1S/C17H16N2.C7H8/c1-13-7-9-15(10-8-13)17-18-12-11-16(19-17)14-5-3-2-4-6-14;1-7-5-3-2-4-6-7/h3,5-12H,2,4H2,1H3;2-6H,1H3. The zero-order valence-corrected chi connectivity index (χ0v) is 15.4. The van der Waals surface area contributed by atoms with E-state index < -0.39 is 0 Å². The summed E-state index contributed by atoms with van der Waals surface area (Å²) in [6, 6.07) is 20.5. The Morgan fingerprint density at radius 3 is 2.12 bits per heavy atom. The van der Waals surface area contributed by atoms with Gasteiger partial charge in [0.25, 0.3) is 0 Å². The van der Waals surface area contributed by atoms with Gasteiger partial charge in [-0.05, 0) is 38.3 Å². The molecule has 26 heavy (non-hydrogen) atoms. The van der Waals surface area contributed by atoms with Gasteiger partial charge < -0.3 is 0 Å². The average Bonchev–Trinajstić information content (AvgIpc) is 2.70. The van der Waals surface area contributed by atoms with E-state index in [0.717, 1.165) is 29.9 Å². The first kappa shape index (κ1) is 17.8. The molecule has 0 amide bonds. The summed E-state index contributed by atoms with van der Waals surface area (Å²) < 4.78 is 0. The van der Waals surface area contributed by atoms with Gasteiger partial charge in [0.1, 0.15) is 0 Å². The predicted octanol–water partition coefficient (Wildman–Crippen LogP) is 6.18. The smallest absolute Gasteiger partial charge is 0.159 e. The molecule has 0 radical (unpaired) electrons. The van der Waals surface area contributed by atoms with Crippen molar-refractivity contribution in [1.82, 2.24) is 9.97 Å². The Hall–Kier alpha value is -3.00. The minimum atomic E-state index is 0.789. The number of rotatable bonds is 2. The number of hydrogen-bond donors (Lipinski definition) is 0. The summed E-state index contributed by atoms with van der Waals surface area (Å²) in [7, 11) is 0. The molecule has 2 heteroatoms.